The van der Waals surface area contributed by atoms with Crippen molar-refractivity contribution in [2.45, 2.75) is 76.9 Å². The number of rotatable bonds is 4. The van der Waals surface area contributed by atoms with Crippen LogP contribution in [0.1, 0.15) is 85.4 Å². The summed E-state index contributed by atoms with van der Waals surface area (Å²) in [5, 5.41) is 0. The zero-order chi connectivity index (χ0) is 25.3. The zero-order valence-electron chi connectivity index (χ0n) is 21.7. The van der Waals surface area contributed by atoms with Crippen molar-refractivity contribution in [2.75, 3.05) is 26.7 Å². The van der Waals surface area contributed by atoms with E-state index in [1.54, 1.807) is 25.4 Å². The molecule has 1 fully saturated rings. The summed E-state index contributed by atoms with van der Waals surface area (Å²) in [7, 11) is 1.55. The summed E-state index contributed by atoms with van der Waals surface area (Å²) in [5.74, 6) is 0.932. The van der Waals surface area contributed by atoms with E-state index in [1.807, 2.05) is 34.1 Å². The molecule has 1 aliphatic heterocycles. The van der Waals surface area contributed by atoms with Gasteiger partial charge in [-0.15, -0.1) is 0 Å². The second-order valence-electron chi connectivity index (χ2n) is 9.77. The summed E-state index contributed by atoms with van der Waals surface area (Å²) in [5.41, 5.74) is 1.09. The summed E-state index contributed by atoms with van der Waals surface area (Å²) < 4.78 is 12.0. The van der Waals surface area contributed by atoms with E-state index in [4.69, 9.17) is 9.47 Å². The maximum Gasteiger partial charge on any atom is 0.259 e. The molecule has 7 heteroatoms. The summed E-state index contributed by atoms with van der Waals surface area (Å²) in [6, 6.07) is 11.1. The molecule has 7 nitrogen and oxygen atoms in total. The van der Waals surface area contributed by atoms with Gasteiger partial charge < -0.3 is 19.3 Å². The second-order valence-corrected chi connectivity index (χ2v) is 9.77. The first-order chi connectivity index (χ1) is 17.6. The van der Waals surface area contributed by atoms with E-state index in [-0.39, 0.29) is 24.0 Å². The van der Waals surface area contributed by atoms with Crippen LogP contribution in [0.2, 0.25) is 0 Å². The number of ether oxygens (including phenoxy) is 2. The molecule has 1 aromatic heterocycles. The van der Waals surface area contributed by atoms with Gasteiger partial charge in [0.1, 0.15) is 17.4 Å². The molecule has 1 aliphatic carbocycles. The number of aromatic nitrogens is 1. The molecule has 0 spiro atoms. The average molecular weight is 494 g/mol. The number of pyridine rings is 1. The van der Waals surface area contributed by atoms with Gasteiger partial charge in [-0.3, -0.25) is 9.59 Å². The summed E-state index contributed by atoms with van der Waals surface area (Å²) >= 11 is 0. The molecule has 2 atom stereocenters. The number of para-hydroxylation sites is 1. The SMILES string of the molecule is CCCN1CCCCCCN(C(=O)c2cccnc2OC)[C@@H]2CCCC[C@@H]2Oc2ccccc2C1=O. The van der Waals surface area contributed by atoms with Crippen molar-refractivity contribution in [3.05, 3.63) is 53.7 Å². The van der Waals surface area contributed by atoms with E-state index in [0.717, 1.165) is 70.9 Å². The van der Waals surface area contributed by atoms with Crippen LogP contribution >= 0.6 is 0 Å². The number of carbonyl (C=O) groups is 2. The van der Waals surface area contributed by atoms with Crippen LogP contribution in [-0.2, 0) is 0 Å². The van der Waals surface area contributed by atoms with Crippen LogP contribution in [-0.4, -0.2) is 65.5 Å². The Morgan fingerprint density at radius 2 is 1.81 bits per heavy atom. The van der Waals surface area contributed by atoms with Crippen molar-refractivity contribution >= 4 is 11.8 Å². The summed E-state index contributed by atoms with van der Waals surface area (Å²) in [4.78, 5) is 35.6. The van der Waals surface area contributed by atoms with Crippen LogP contribution in [0.5, 0.6) is 11.6 Å². The topological polar surface area (TPSA) is 72.0 Å². The quantitative estimate of drug-likeness (QED) is 0.574. The average Bonchev–Trinajstić information content (AvgIpc) is 2.92. The number of hydrogen-bond donors (Lipinski definition) is 0. The number of carbonyl (C=O) groups excluding carboxylic acids is 2. The van der Waals surface area contributed by atoms with Gasteiger partial charge in [-0.25, -0.2) is 4.98 Å². The summed E-state index contributed by atoms with van der Waals surface area (Å²) in [6.07, 6.45) is 10.1. The highest BCUT2D eigenvalue weighted by atomic mass is 16.5. The Balaban J connectivity index is 1.69. The van der Waals surface area contributed by atoms with Gasteiger partial charge in [0.15, 0.2) is 0 Å². The molecule has 1 aromatic carbocycles. The fourth-order valence-corrected chi connectivity index (χ4v) is 5.46. The monoisotopic (exact) mass is 493 g/mol. The molecular formula is C29H39N3O4. The molecule has 2 amide bonds. The Morgan fingerprint density at radius 3 is 2.61 bits per heavy atom. The highest BCUT2D eigenvalue weighted by Gasteiger charge is 2.36. The van der Waals surface area contributed by atoms with Crippen molar-refractivity contribution in [3.8, 4) is 11.6 Å². The smallest absolute Gasteiger partial charge is 0.259 e. The predicted octanol–water partition coefficient (Wildman–Crippen LogP) is 5.35. The van der Waals surface area contributed by atoms with Crippen molar-refractivity contribution in [1.29, 1.82) is 0 Å². The standard InChI is InChI=1S/C29H39N3O4/c1-3-19-31-20-10-4-5-11-21-32(29(34)23-14-12-18-30-27(23)35-2)24-15-7-9-17-26(24)36-25-16-8-6-13-22(25)28(31)33/h6,8,12-14,16,18,24,26H,3-5,7,9-11,15,17,19-21H2,1-2H3/t24-,26+/m1/s1. The maximum absolute atomic E-state index is 13.9. The fourth-order valence-electron chi connectivity index (χ4n) is 5.46. The molecule has 0 saturated heterocycles. The van der Waals surface area contributed by atoms with Crippen molar-refractivity contribution in [2.24, 2.45) is 0 Å². The normalized spacial score (nSPS) is 21.6. The number of methoxy groups -OCH3 is 1. The molecular weight excluding hydrogens is 454 g/mol. The molecule has 2 aromatic rings. The first-order valence-corrected chi connectivity index (χ1v) is 13.5. The van der Waals surface area contributed by atoms with Gasteiger partial charge in [0.25, 0.3) is 11.8 Å². The van der Waals surface area contributed by atoms with E-state index in [0.29, 0.717) is 29.3 Å². The fraction of sp³-hybridized carbons (Fsp3) is 0.552. The van der Waals surface area contributed by atoms with Gasteiger partial charge in [-0.05, 0) is 62.8 Å². The number of nitrogens with zero attached hydrogens (tertiary/aromatic N) is 3. The van der Waals surface area contributed by atoms with E-state index in [9.17, 15) is 9.59 Å². The minimum atomic E-state index is -0.179. The highest BCUT2D eigenvalue weighted by molar-refractivity contribution is 5.97. The lowest BCUT2D eigenvalue weighted by Crippen LogP contribution is -2.51. The third-order valence-corrected chi connectivity index (χ3v) is 7.28. The van der Waals surface area contributed by atoms with Crippen molar-refractivity contribution in [1.82, 2.24) is 14.8 Å². The molecule has 36 heavy (non-hydrogen) atoms. The Bertz CT molecular complexity index is 1030. The Hall–Kier alpha value is -3.09. The Labute approximate surface area is 214 Å². The predicted molar refractivity (Wildman–Crippen MR) is 140 cm³/mol. The number of hydrogen-bond acceptors (Lipinski definition) is 5. The molecule has 0 bridgehead atoms. The molecule has 0 N–H and O–H groups in total. The van der Waals surface area contributed by atoms with Gasteiger partial charge in [0.05, 0.1) is 18.7 Å². The van der Waals surface area contributed by atoms with Crippen LogP contribution in [0.25, 0.3) is 0 Å². The van der Waals surface area contributed by atoms with Crippen LogP contribution in [0.4, 0.5) is 0 Å². The molecule has 0 unspecified atom stereocenters. The van der Waals surface area contributed by atoms with Crippen LogP contribution in [0.3, 0.4) is 0 Å². The number of amides is 2. The summed E-state index contributed by atoms with van der Waals surface area (Å²) in [6.45, 7) is 4.26. The molecule has 2 aliphatic rings. The highest BCUT2D eigenvalue weighted by Crippen LogP contribution is 2.32. The van der Waals surface area contributed by atoms with Gasteiger partial charge in [-0.2, -0.15) is 0 Å². The van der Waals surface area contributed by atoms with Gasteiger partial charge >= 0.3 is 0 Å². The van der Waals surface area contributed by atoms with Gasteiger partial charge in [0.2, 0.25) is 5.88 Å². The zero-order valence-corrected chi connectivity index (χ0v) is 21.7. The molecule has 0 radical (unpaired) electrons. The lowest BCUT2D eigenvalue weighted by atomic mass is 9.90. The van der Waals surface area contributed by atoms with Crippen LogP contribution in [0.15, 0.2) is 42.6 Å². The molecule has 1 saturated carbocycles. The third-order valence-electron chi connectivity index (χ3n) is 7.28. The van der Waals surface area contributed by atoms with Crippen LogP contribution < -0.4 is 9.47 Å². The lowest BCUT2D eigenvalue weighted by molar-refractivity contribution is 0.0264. The van der Waals surface area contributed by atoms with E-state index in [1.165, 1.54) is 0 Å². The number of fused-ring (bicyclic) bond motifs is 2. The molecule has 194 valence electrons. The van der Waals surface area contributed by atoms with E-state index < -0.39 is 0 Å². The van der Waals surface area contributed by atoms with E-state index in [2.05, 4.69) is 11.9 Å². The van der Waals surface area contributed by atoms with Crippen molar-refractivity contribution in [3.63, 3.8) is 0 Å². The van der Waals surface area contributed by atoms with Crippen molar-refractivity contribution < 1.29 is 19.1 Å². The lowest BCUT2D eigenvalue weighted by Gasteiger charge is -2.40. The maximum atomic E-state index is 13.9. The Morgan fingerprint density at radius 1 is 1.03 bits per heavy atom. The second kappa shape index (κ2) is 12.7. The molecule has 2 heterocycles. The minimum Gasteiger partial charge on any atom is -0.487 e. The molecule has 4 rings (SSSR count). The van der Waals surface area contributed by atoms with E-state index >= 15 is 0 Å². The Kier molecular flexibility index (Phi) is 9.20. The first-order valence-electron chi connectivity index (χ1n) is 13.5. The van der Waals surface area contributed by atoms with Gasteiger partial charge in [0, 0.05) is 25.8 Å². The minimum absolute atomic E-state index is 0.0323. The number of benzene rings is 1. The van der Waals surface area contributed by atoms with Gasteiger partial charge in [-0.1, -0.05) is 38.3 Å². The van der Waals surface area contributed by atoms with Crippen LogP contribution in [0, 0.1) is 0 Å². The largest absolute Gasteiger partial charge is 0.487 e. The third kappa shape index (κ3) is 6.00. The first kappa shape index (κ1) is 26.0.